The molecule has 130 valence electrons. The van der Waals surface area contributed by atoms with E-state index in [0.717, 1.165) is 45.4 Å². The first-order chi connectivity index (χ1) is 12.7. The Bertz CT molecular complexity index is 1040. The van der Waals surface area contributed by atoms with Crippen LogP contribution >= 0.6 is 0 Å². The number of rotatable bonds is 2. The molecule has 6 nitrogen and oxygen atoms in total. The van der Waals surface area contributed by atoms with Gasteiger partial charge < -0.3 is 14.6 Å². The van der Waals surface area contributed by atoms with Gasteiger partial charge in [-0.3, -0.25) is 0 Å². The van der Waals surface area contributed by atoms with Gasteiger partial charge in [-0.05, 0) is 24.6 Å². The predicted octanol–water partition coefficient (Wildman–Crippen LogP) is 2.62. The van der Waals surface area contributed by atoms with Crippen LogP contribution < -0.4 is 9.47 Å². The summed E-state index contributed by atoms with van der Waals surface area (Å²) in [6, 6.07) is 14.1. The summed E-state index contributed by atoms with van der Waals surface area (Å²) in [6.45, 7) is 2.06. The van der Waals surface area contributed by atoms with E-state index in [1.165, 1.54) is 0 Å². The van der Waals surface area contributed by atoms with Gasteiger partial charge in [0, 0.05) is 17.5 Å². The Morgan fingerprint density at radius 2 is 1.88 bits per heavy atom. The van der Waals surface area contributed by atoms with Crippen LogP contribution in [0.15, 0.2) is 47.6 Å². The Hall–Kier alpha value is -3.12. The van der Waals surface area contributed by atoms with Gasteiger partial charge in [0.15, 0.2) is 11.5 Å². The molecule has 0 bridgehead atoms. The first kappa shape index (κ1) is 15.2. The highest BCUT2D eigenvalue weighted by Gasteiger charge is 2.26. The van der Waals surface area contributed by atoms with E-state index in [1.54, 1.807) is 0 Å². The van der Waals surface area contributed by atoms with Crippen LogP contribution in [0.25, 0.3) is 0 Å². The minimum absolute atomic E-state index is 0.101. The third-order valence-electron chi connectivity index (χ3n) is 4.84. The summed E-state index contributed by atoms with van der Waals surface area (Å²) < 4.78 is 13.0. The van der Waals surface area contributed by atoms with Gasteiger partial charge in [-0.25, -0.2) is 9.66 Å². The standard InChI is InChI=1S/C20H17N3O3/c1-12-16(10-24)21-19-8-14-7-17-18(26-11-25-17)9-15(14)20(22-23(12)19)13-5-3-2-4-6-13/h2-7,9,24H,8,10-11H2,1H3. The third-order valence-corrected chi connectivity index (χ3v) is 4.84. The van der Waals surface area contributed by atoms with Crippen molar-refractivity contribution >= 4 is 5.71 Å². The average Bonchev–Trinajstić information content (AvgIpc) is 3.19. The summed E-state index contributed by atoms with van der Waals surface area (Å²) in [5.41, 5.74) is 5.45. The van der Waals surface area contributed by atoms with E-state index in [9.17, 15) is 5.11 Å². The largest absolute Gasteiger partial charge is 0.454 e. The molecule has 0 saturated heterocycles. The summed E-state index contributed by atoms with van der Waals surface area (Å²) in [7, 11) is 0. The summed E-state index contributed by atoms with van der Waals surface area (Å²) in [5.74, 6) is 2.28. The van der Waals surface area contributed by atoms with Crippen LogP contribution in [0.5, 0.6) is 11.5 Å². The highest BCUT2D eigenvalue weighted by Crippen LogP contribution is 2.37. The molecule has 6 heteroatoms. The van der Waals surface area contributed by atoms with Gasteiger partial charge in [0.05, 0.1) is 23.7 Å². The van der Waals surface area contributed by atoms with Crippen LogP contribution in [0.3, 0.4) is 0 Å². The molecule has 0 radical (unpaired) electrons. The molecule has 0 atom stereocenters. The molecule has 0 unspecified atom stereocenters. The molecule has 26 heavy (non-hydrogen) atoms. The molecule has 1 aromatic heterocycles. The lowest BCUT2D eigenvalue weighted by molar-refractivity contribution is 0.174. The topological polar surface area (TPSA) is 68.9 Å². The summed E-state index contributed by atoms with van der Waals surface area (Å²) in [4.78, 5) is 4.58. The van der Waals surface area contributed by atoms with Crippen molar-refractivity contribution in [2.45, 2.75) is 20.0 Å². The van der Waals surface area contributed by atoms with Crippen molar-refractivity contribution in [1.82, 2.24) is 9.66 Å². The summed E-state index contributed by atoms with van der Waals surface area (Å²) >= 11 is 0. The molecule has 3 aromatic rings. The maximum Gasteiger partial charge on any atom is 0.231 e. The van der Waals surface area contributed by atoms with Crippen molar-refractivity contribution in [3.05, 3.63) is 76.4 Å². The first-order valence-corrected chi connectivity index (χ1v) is 8.50. The van der Waals surface area contributed by atoms with E-state index in [1.807, 2.05) is 54.1 Å². The quantitative estimate of drug-likeness (QED) is 0.605. The smallest absolute Gasteiger partial charge is 0.231 e. The van der Waals surface area contributed by atoms with Crippen molar-refractivity contribution in [2.75, 3.05) is 6.79 Å². The number of aliphatic hydroxyl groups is 1. The Morgan fingerprint density at radius 1 is 1.12 bits per heavy atom. The minimum atomic E-state index is -0.101. The lowest BCUT2D eigenvalue weighted by Crippen LogP contribution is -2.07. The lowest BCUT2D eigenvalue weighted by atomic mass is 9.95. The monoisotopic (exact) mass is 347 g/mol. The number of hydrogen-bond donors (Lipinski definition) is 1. The molecule has 0 spiro atoms. The first-order valence-electron chi connectivity index (χ1n) is 8.50. The number of aromatic nitrogens is 2. The van der Waals surface area contributed by atoms with Crippen molar-refractivity contribution in [3.63, 3.8) is 0 Å². The molecule has 2 aliphatic rings. The molecule has 3 heterocycles. The highest BCUT2D eigenvalue weighted by atomic mass is 16.7. The Kier molecular flexibility index (Phi) is 3.33. The van der Waals surface area contributed by atoms with Crippen molar-refractivity contribution < 1.29 is 14.6 Å². The Balaban J connectivity index is 1.79. The van der Waals surface area contributed by atoms with Gasteiger partial charge >= 0.3 is 0 Å². The molecule has 5 rings (SSSR count). The lowest BCUT2D eigenvalue weighted by Gasteiger charge is -2.11. The van der Waals surface area contributed by atoms with Gasteiger partial charge in [-0.2, -0.15) is 5.10 Å². The molecule has 2 aliphatic heterocycles. The fraction of sp³-hybridized carbons (Fsp3) is 0.200. The number of nitrogens with zero attached hydrogens (tertiary/aromatic N) is 3. The predicted molar refractivity (Wildman–Crippen MR) is 95.7 cm³/mol. The van der Waals surface area contributed by atoms with Gasteiger partial charge in [0.2, 0.25) is 6.79 Å². The number of ether oxygens (including phenoxy) is 2. The number of fused-ring (bicyclic) bond motifs is 3. The molecule has 2 aromatic carbocycles. The maximum atomic E-state index is 9.58. The minimum Gasteiger partial charge on any atom is -0.454 e. The molecular formula is C20H17N3O3. The zero-order valence-electron chi connectivity index (χ0n) is 14.3. The molecule has 1 N–H and O–H groups in total. The second kappa shape index (κ2) is 5.71. The number of hydrogen-bond acceptors (Lipinski definition) is 5. The van der Waals surface area contributed by atoms with E-state index in [-0.39, 0.29) is 13.4 Å². The third kappa shape index (κ3) is 2.23. The molecule has 0 amide bonds. The fourth-order valence-corrected chi connectivity index (χ4v) is 3.48. The summed E-state index contributed by atoms with van der Waals surface area (Å²) in [6.07, 6.45) is 0.604. The van der Waals surface area contributed by atoms with E-state index in [0.29, 0.717) is 12.1 Å². The second-order valence-corrected chi connectivity index (χ2v) is 6.38. The SMILES string of the molecule is Cc1c(CO)nc2n1N=C(c1ccccc1)c1cc3c(cc1C2)OCO3. The van der Waals surface area contributed by atoms with Crippen LogP contribution in [0.4, 0.5) is 0 Å². The zero-order valence-corrected chi connectivity index (χ0v) is 14.3. The number of imidazole rings is 1. The van der Waals surface area contributed by atoms with Crippen molar-refractivity contribution in [2.24, 2.45) is 5.10 Å². The van der Waals surface area contributed by atoms with Gasteiger partial charge in [-0.15, -0.1) is 0 Å². The van der Waals surface area contributed by atoms with Gasteiger partial charge in [-0.1, -0.05) is 30.3 Å². The van der Waals surface area contributed by atoms with E-state index >= 15 is 0 Å². The van der Waals surface area contributed by atoms with Crippen molar-refractivity contribution in [1.29, 1.82) is 0 Å². The molecule has 0 saturated carbocycles. The Morgan fingerprint density at radius 3 is 2.65 bits per heavy atom. The zero-order chi connectivity index (χ0) is 17.7. The molecule has 0 aliphatic carbocycles. The van der Waals surface area contributed by atoms with E-state index in [4.69, 9.17) is 14.6 Å². The maximum absolute atomic E-state index is 9.58. The van der Waals surface area contributed by atoms with E-state index < -0.39 is 0 Å². The number of benzene rings is 2. The fourth-order valence-electron chi connectivity index (χ4n) is 3.48. The highest BCUT2D eigenvalue weighted by molar-refractivity contribution is 6.14. The van der Waals surface area contributed by atoms with Crippen LogP contribution in [0, 0.1) is 6.92 Å². The van der Waals surface area contributed by atoms with Crippen LogP contribution in [-0.2, 0) is 13.0 Å². The Labute approximate surface area is 150 Å². The second-order valence-electron chi connectivity index (χ2n) is 6.38. The molecular weight excluding hydrogens is 330 g/mol. The van der Waals surface area contributed by atoms with Crippen molar-refractivity contribution in [3.8, 4) is 11.5 Å². The average molecular weight is 347 g/mol. The number of aliphatic hydroxyl groups excluding tert-OH is 1. The van der Waals surface area contributed by atoms with Crippen LogP contribution in [0.2, 0.25) is 0 Å². The van der Waals surface area contributed by atoms with E-state index in [2.05, 4.69) is 4.98 Å². The molecule has 0 fully saturated rings. The van der Waals surface area contributed by atoms with Gasteiger partial charge in [0.25, 0.3) is 0 Å². The normalized spacial score (nSPS) is 14.5. The van der Waals surface area contributed by atoms with Gasteiger partial charge in [0.1, 0.15) is 5.82 Å². The van der Waals surface area contributed by atoms with Crippen LogP contribution in [-0.4, -0.2) is 27.3 Å². The summed E-state index contributed by atoms with van der Waals surface area (Å²) in [5, 5.41) is 14.5. The van der Waals surface area contributed by atoms with Crippen LogP contribution in [0.1, 0.15) is 33.9 Å².